The zero-order valence-electron chi connectivity index (χ0n) is 17.4. The molecule has 6 nitrogen and oxygen atoms in total. The van der Waals surface area contributed by atoms with Crippen LogP contribution in [0.1, 0.15) is 11.1 Å². The van der Waals surface area contributed by atoms with Crippen molar-refractivity contribution in [3.05, 3.63) is 95.8 Å². The van der Waals surface area contributed by atoms with Crippen LogP contribution in [0.2, 0.25) is 0 Å². The summed E-state index contributed by atoms with van der Waals surface area (Å²) in [5.41, 5.74) is 3.03. The van der Waals surface area contributed by atoms with Crippen LogP contribution >= 0.6 is 11.8 Å². The van der Waals surface area contributed by atoms with Gasteiger partial charge in [0.05, 0.1) is 11.4 Å². The molecule has 0 fully saturated rings. The Morgan fingerprint density at radius 1 is 1.00 bits per heavy atom. The third-order valence-electron chi connectivity index (χ3n) is 5.28. The van der Waals surface area contributed by atoms with Gasteiger partial charge >= 0.3 is 0 Å². The molecule has 164 valence electrons. The van der Waals surface area contributed by atoms with Crippen molar-refractivity contribution >= 4 is 46.0 Å². The number of aliphatic imine (C=N–C) groups is 2. The van der Waals surface area contributed by atoms with Gasteiger partial charge < -0.3 is 5.32 Å². The molecule has 0 bridgehead atoms. The van der Waals surface area contributed by atoms with Gasteiger partial charge in [0.25, 0.3) is 5.91 Å². The molecule has 1 N–H and O–H groups in total. The first-order valence-corrected chi connectivity index (χ1v) is 11.4. The number of nitrogens with zero attached hydrogens (tertiary/aromatic N) is 3. The maximum absolute atomic E-state index is 13.3. The van der Waals surface area contributed by atoms with Crippen LogP contribution in [0, 0.1) is 5.82 Å². The highest BCUT2D eigenvalue weighted by Crippen LogP contribution is 2.34. The van der Waals surface area contributed by atoms with Gasteiger partial charge in [-0.05, 0) is 42.0 Å². The van der Waals surface area contributed by atoms with E-state index in [2.05, 4.69) is 10.3 Å². The van der Waals surface area contributed by atoms with Gasteiger partial charge in [-0.15, -0.1) is 0 Å². The Morgan fingerprint density at radius 2 is 1.73 bits per heavy atom. The highest BCUT2D eigenvalue weighted by atomic mass is 32.2. The number of amides is 2. The van der Waals surface area contributed by atoms with Crippen molar-refractivity contribution in [1.29, 1.82) is 0 Å². The lowest BCUT2D eigenvalue weighted by molar-refractivity contribution is -0.124. The van der Waals surface area contributed by atoms with Crippen LogP contribution in [-0.2, 0) is 16.0 Å². The summed E-state index contributed by atoms with van der Waals surface area (Å²) < 4.78 is 13.1. The largest absolute Gasteiger partial charge is 0.325 e. The Balaban J connectivity index is 1.36. The van der Waals surface area contributed by atoms with Crippen LogP contribution in [0.15, 0.2) is 88.8 Å². The van der Waals surface area contributed by atoms with E-state index in [-0.39, 0.29) is 23.4 Å². The number of carbonyl (C=O) groups excluding carboxylic acids is 2. The maximum Gasteiger partial charge on any atom is 0.259 e. The van der Waals surface area contributed by atoms with Crippen molar-refractivity contribution in [3.8, 4) is 0 Å². The summed E-state index contributed by atoms with van der Waals surface area (Å²) in [6, 6.07) is 22.3. The van der Waals surface area contributed by atoms with Crippen LogP contribution in [0.3, 0.4) is 0 Å². The summed E-state index contributed by atoms with van der Waals surface area (Å²) in [5.74, 6) is -0.207. The highest BCUT2D eigenvalue weighted by Gasteiger charge is 2.41. The second-order valence-electron chi connectivity index (χ2n) is 7.59. The molecule has 3 aromatic carbocycles. The standard InChI is InChI=1S/C25H19FN4O2S/c26-17-10-12-18(13-11-17)27-22(31)15-33-25-29-20-9-5-4-8-19(20)23-28-21(24(32)30(23)25)14-16-6-2-1-3-7-16/h1-13,21H,14-15H2,(H,27,31)/t21-/m1/s1. The Morgan fingerprint density at radius 3 is 2.52 bits per heavy atom. The average Bonchev–Trinajstić information content (AvgIpc) is 3.16. The third kappa shape index (κ3) is 4.42. The molecule has 5 rings (SSSR count). The van der Waals surface area contributed by atoms with Crippen molar-refractivity contribution in [1.82, 2.24) is 4.90 Å². The van der Waals surface area contributed by atoms with E-state index in [0.717, 1.165) is 11.1 Å². The summed E-state index contributed by atoms with van der Waals surface area (Å²) in [5, 5.41) is 3.14. The smallest absolute Gasteiger partial charge is 0.259 e. The number of nitrogens with one attached hydrogen (secondary N) is 1. The molecular weight excluding hydrogens is 439 g/mol. The van der Waals surface area contributed by atoms with E-state index >= 15 is 0 Å². The number of benzene rings is 3. The fraction of sp³-hybridized carbons (Fsp3) is 0.120. The summed E-state index contributed by atoms with van der Waals surface area (Å²) in [7, 11) is 0. The summed E-state index contributed by atoms with van der Waals surface area (Å²) in [4.78, 5) is 36.7. The Hall–Kier alpha value is -3.78. The first-order chi connectivity index (χ1) is 16.1. The van der Waals surface area contributed by atoms with Gasteiger partial charge in [-0.1, -0.05) is 54.2 Å². The minimum Gasteiger partial charge on any atom is -0.325 e. The minimum absolute atomic E-state index is 0.0405. The Bertz CT molecular complexity index is 1280. The first-order valence-electron chi connectivity index (χ1n) is 10.4. The van der Waals surface area contributed by atoms with Crippen molar-refractivity contribution in [2.45, 2.75) is 12.5 Å². The predicted molar refractivity (Wildman–Crippen MR) is 128 cm³/mol. The molecule has 0 aromatic heterocycles. The molecule has 33 heavy (non-hydrogen) atoms. The zero-order valence-corrected chi connectivity index (χ0v) is 18.3. The SMILES string of the molecule is O=C(CSC1=Nc2ccccc2C2=N[C@H](Cc3ccccc3)C(=O)N12)Nc1ccc(F)cc1. The van der Waals surface area contributed by atoms with E-state index in [9.17, 15) is 14.0 Å². The molecule has 2 aliphatic heterocycles. The molecule has 0 spiro atoms. The lowest BCUT2D eigenvalue weighted by atomic mass is 10.1. The molecule has 2 aliphatic rings. The van der Waals surface area contributed by atoms with Crippen molar-refractivity contribution in [3.63, 3.8) is 0 Å². The minimum atomic E-state index is -0.549. The van der Waals surface area contributed by atoms with Crippen LogP contribution in [-0.4, -0.2) is 39.5 Å². The second kappa shape index (κ2) is 8.99. The van der Waals surface area contributed by atoms with E-state index in [0.29, 0.717) is 28.8 Å². The predicted octanol–water partition coefficient (Wildman–Crippen LogP) is 4.40. The number of thioether (sulfide) groups is 1. The number of anilines is 1. The fourth-order valence-electron chi connectivity index (χ4n) is 3.73. The number of halogens is 1. The van der Waals surface area contributed by atoms with Gasteiger partial charge in [0, 0.05) is 17.7 Å². The van der Waals surface area contributed by atoms with E-state index in [4.69, 9.17) is 4.99 Å². The van der Waals surface area contributed by atoms with Crippen molar-refractivity contribution < 1.29 is 14.0 Å². The number of hydrogen-bond acceptors (Lipinski definition) is 5. The zero-order chi connectivity index (χ0) is 22.8. The number of amidine groups is 2. The molecule has 2 heterocycles. The van der Waals surface area contributed by atoms with Gasteiger partial charge in [-0.25, -0.2) is 14.3 Å². The van der Waals surface area contributed by atoms with Crippen molar-refractivity contribution in [2.24, 2.45) is 9.98 Å². The van der Waals surface area contributed by atoms with Gasteiger partial charge in [0.15, 0.2) is 5.17 Å². The molecule has 0 saturated carbocycles. The number of fused-ring (bicyclic) bond motifs is 3. The number of hydrogen-bond donors (Lipinski definition) is 1. The molecule has 3 aromatic rings. The number of carbonyl (C=O) groups is 2. The van der Waals surface area contributed by atoms with E-state index in [1.54, 1.807) is 0 Å². The van der Waals surface area contributed by atoms with E-state index in [1.807, 2.05) is 54.6 Å². The second-order valence-corrected chi connectivity index (χ2v) is 8.53. The van der Waals surface area contributed by atoms with Gasteiger partial charge in [0.1, 0.15) is 17.7 Å². The Kier molecular flexibility index (Phi) is 5.75. The monoisotopic (exact) mass is 458 g/mol. The van der Waals surface area contributed by atoms with Gasteiger partial charge in [0.2, 0.25) is 5.91 Å². The molecule has 0 unspecified atom stereocenters. The third-order valence-corrected chi connectivity index (χ3v) is 6.22. The molecule has 0 saturated heterocycles. The van der Waals surface area contributed by atoms with E-state index < -0.39 is 6.04 Å². The van der Waals surface area contributed by atoms with Crippen LogP contribution in [0.25, 0.3) is 0 Å². The summed E-state index contributed by atoms with van der Waals surface area (Å²) >= 11 is 1.17. The van der Waals surface area contributed by atoms with Gasteiger partial charge in [-0.3, -0.25) is 14.6 Å². The fourth-order valence-corrected chi connectivity index (χ4v) is 4.53. The normalized spacial score (nSPS) is 16.6. The Labute approximate surface area is 194 Å². The van der Waals surface area contributed by atoms with Crippen LogP contribution in [0.5, 0.6) is 0 Å². The van der Waals surface area contributed by atoms with Crippen molar-refractivity contribution in [2.75, 3.05) is 11.1 Å². The quantitative estimate of drug-likeness (QED) is 0.616. The summed E-state index contributed by atoms with van der Waals surface area (Å²) in [6.45, 7) is 0. The van der Waals surface area contributed by atoms with Gasteiger partial charge in [-0.2, -0.15) is 0 Å². The molecule has 2 amide bonds. The summed E-state index contributed by atoms with van der Waals surface area (Å²) in [6.07, 6.45) is 0.491. The molecule has 1 atom stereocenters. The van der Waals surface area contributed by atoms with Crippen LogP contribution < -0.4 is 5.32 Å². The molecular formula is C25H19FN4O2S. The number of para-hydroxylation sites is 1. The maximum atomic E-state index is 13.3. The lowest BCUT2D eigenvalue weighted by Crippen LogP contribution is -2.41. The van der Waals surface area contributed by atoms with Crippen LogP contribution in [0.4, 0.5) is 15.8 Å². The number of rotatable bonds is 5. The highest BCUT2D eigenvalue weighted by molar-refractivity contribution is 8.14. The average molecular weight is 459 g/mol. The first kappa shape index (κ1) is 21.1. The van der Waals surface area contributed by atoms with E-state index in [1.165, 1.54) is 40.9 Å². The lowest BCUT2D eigenvalue weighted by Gasteiger charge is -2.25. The molecule has 0 aliphatic carbocycles. The topological polar surface area (TPSA) is 74.1 Å². The molecule has 0 radical (unpaired) electrons. The molecule has 8 heteroatoms.